The van der Waals surface area contributed by atoms with Gasteiger partial charge in [0.05, 0.1) is 0 Å². The van der Waals surface area contributed by atoms with Crippen LogP contribution in [0.4, 0.5) is 5.95 Å². The van der Waals surface area contributed by atoms with Crippen LogP contribution in [0, 0.1) is 0 Å². The van der Waals surface area contributed by atoms with E-state index in [1.54, 1.807) is 0 Å². The van der Waals surface area contributed by atoms with Crippen LogP contribution in [-0.2, 0) is 7.05 Å². The molecule has 1 N–H and O–H groups in total. The van der Waals surface area contributed by atoms with Crippen molar-refractivity contribution in [1.29, 1.82) is 0 Å². The molecule has 7 nitrogen and oxygen atoms in total. The fourth-order valence-corrected chi connectivity index (χ4v) is 2.98. The van der Waals surface area contributed by atoms with Crippen molar-refractivity contribution in [2.24, 2.45) is 7.05 Å². The van der Waals surface area contributed by atoms with E-state index in [1.165, 1.54) is 12.8 Å². The molecular formula is C18H26N6O. The van der Waals surface area contributed by atoms with Crippen molar-refractivity contribution in [1.82, 2.24) is 24.8 Å². The van der Waals surface area contributed by atoms with Gasteiger partial charge in [-0.2, -0.15) is 0 Å². The highest BCUT2D eigenvalue weighted by atomic mass is 16.1. The Hall–Kier alpha value is -2.41. The topological polar surface area (TPSA) is 66.3 Å². The number of nitrogens with zero attached hydrogens (tertiary/aromatic N) is 5. The van der Waals surface area contributed by atoms with E-state index in [2.05, 4.69) is 20.2 Å². The van der Waals surface area contributed by atoms with E-state index in [9.17, 15) is 4.79 Å². The Morgan fingerprint density at radius 1 is 1.20 bits per heavy atom. The second-order valence-electron chi connectivity index (χ2n) is 6.75. The summed E-state index contributed by atoms with van der Waals surface area (Å²) in [6, 6.07) is 1.89. The van der Waals surface area contributed by atoms with Gasteiger partial charge in [-0.15, -0.1) is 0 Å². The summed E-state index contributed by atoms with van der Waals surface area (Å²) < 4.78 is 1.84. The fraction of sp³-hybridized carbons (Fsp3) is 0.500. The molecule has 0 bridgehead atoms. The molecule has 0 aliphatic carbocycles. The molecule has 0 atom stereocenters. The van der Waals surface area contributed by atoms with Gasteiger partial charge >= 0.3 is 0 Å². The first-order valence-corrected chi connectivity index (χ1v) is 8.71. The van der Waals surface area contributed by atoms with E-state index in [0.717, 1.165) is 36.7 Å². The zero-order valence-electron chi connectivity index (χ0n) is 15.2. The monoisotopic (exact) mass is 342 g/mol. The molecule has 0 spiro atoms. The third-order valence-electron chi connectivity index (χ3n) is 4.44. The number of hydrogen-bond acceptors (Lipinski definition) is 5. The van der Waals surface area contributed by atoms with Crippen molar-refractivity contribution in [2.75, 3.05) is 45.2 Å². The Bertz CT molecular complexity index is 716. The van der Waals surface area contributed by atoms with Crippen molar-refractivity contribution < 1.29 is 4.79 Å². The summed E-state index contributed by atoms with van der Waals surface area (Å²) in [5, 5.41) is 2.94. The van der Waals surface area contributed by atoms with Gasteiger partial charge in [-0.25, -0.2) is 9.97 Å². The summed E-state index contributed by atoms with van der Waals surface area (Å²) in [6.45, 7) is 3.50. The SMILES string of the molecule is CN(C)CCNC(=O)c1cc(-c2cnc(N3CCCC3)nc2)cn1C. The molecule has 0 saturated carbocycles. The highest BCUT2D eigenvalue weighted by molar-refractivity contribution is 5.94. The third kappa shape index (κ3) is 4.17. The number of aryl methyl sites for hydroxylation is 1. The molecule has 1 aliphatic heterocycles. The molecule has 7 heteroatoms. The lowest BCUT2D eigenvalue weighted by atomic mass is 10.2. The average molecular weight is 342 g/mol. The van der Waals surface area contributed by atoms with Gasteiger partial charge < -0.3 is 19.7 Å². The van der Waals surface area contributed by atoms with Crippen molar-refractivity contribution in [3.63, 3.8) is 0 Å². The van der Waals surface area contributed by atoms with Crippen LogP contribution in [0.3, 0.4) is 0 Å². The van der Waals surface area contributed by atoms with Crippen LogP contribution in [0.25, 0.3) is 11.1 Å². The van der Waals surface area contributed by atoms with E-state index in [4.69, 9.17) is 0 Å². The summed E-state index contributed by atoms with van der Waals surface area (Å²) in [5.41, 5.74) is 2.51. The Kier molecular flexibility index (Phi) is 5.33. The molecule has 25 heavy (non-hydrogen) atoms. The maximum absolute atomic E-state index is 12.3. The van der Waals surface area contributed by atoms with Gasteiger partial charge in [-0.3, -0.25) is 4.79 Å². The molecule has 1 amide bonds. The normalized spacial score (nSPS) is 14.3. The van der Waals surface area contributed by atoms with E-state index < -0.39 is 0 Å². The molecule has 2 aromatic rings. The van der Waals surface area contributed by atoms with Crippen molar-refractivity contribution >= 4 is 11.9 Å². The molecule has 3 rings (SSSR count). The largest absolute Gasteiger partial charge is 0.349 e. The van der Waals surface area contributed by atoms with Gasteiger partial charge in [0.1, 0.15) is 5.69 Å². The Balaban J connectivity index is 1.69. The molecule has 2 aromatic heterocycles. The predicted molar refractivity (Wildman–Crippen MR) is 98.8 cm³/mol. The second kappa shape index (κ2) is 7.65. The molecule has 0 unspecified atom stereocenters. The van der Waals surface area contributed by atoms with Gasteiger partial charge in [0.2, 0.25) is 5.95 Å². The van der Waals surface area contributed by atoms with Crippen LogP contribution in [0.2, 0.25) is 0 Å². The maximum atomic E-state index is 12.3. The molecule has 0 radical (unpaired) electrons. The molecule has 0 aromatic carbocycles. The first-order valence-electron chi connectivity index (χ1n) is 8.71. The van der Waals surface area contributed by atoms with E-state index in [-0.39, 0.29) is 5.91 Å². The zero-order valence-corrected chi connectivity index (χ0v) is 15.2. The standard InChI is InChI=1S/C18H26N6O/c1-22(2)9-6-19-17(25)16-10-14(13-23(16)3)15-11-20-18(21-12-15)24-7-4-5-8-24/h10-13H,4-9H2,1-3H3,(H,19,25). The van der Waals surface area contributed by atoms with Crippen LogP contribution in [0.5, 0.6) is 0 Å². The number of amides is 1. The lowest BCUT2D eigenvalue weighted by molar-refractivity contribution is 0.0943. The summed E-state index contributed by atoms with van der Waals surface area (Å²) in [4.78, 5) is 25.6. The number of nitrogens with one attached hydrogen (secondary N) is 1. The minimum atomic E-state index is -0.0646. The van der Waals surface area contributed by atoms with Crippen molar-refractivity contribution in [3.05, 3.63) is 30.4 Å². The van der Waals surface area contributed by atoms with Crippen LogP contribution < -0.4 is 10.2 Å². The van der Waals surface area contributed by atoms with Gasteiger partial charge in [-0.1, -0.05) is 0 Å². The van der Waals surface area contributed by atoms with Gasteiger partial charge in [-0.05, 0) is 33.0 Å². The quantitative estimate of drug-likeness (QED) is 0.859. The van der Waals surface area contributed by atoms with Crippen LogP contribution in [-0.4, -0.2) is 65.6 Å². The maximum Gasteiger partial charge on any atom is 0.267 e. The minimum absolute atomic E-state index is 0.0646. The van der Waals surface area contributed by atoms with Crippen molar-refractivity contribution in [3.8, 4) is 11.1 Å². The van der Waals surface area contributed by atoms with Crippen LogP contribution in [0.1, 0.15) is 23.3 Å². The number of likely N-dealkylation sites (N-methyl/N-ethyl adjacent to an activating group) is 1. The fourth-order valence-electron chi connectivity index (χ4n) is 2.98. The summed E-state index contributed by atoms with van der Waals surface area (Å²) in [6.07, 6.45) is 8.02. The summed E-state index contributed by atoms with van der Waals surface area (Å²) in [5.74, 6) is 0.726. The molecule has 1 aliphatic rings. The Labute approximate surface area is 148 Å². The number of hydrogen-bond donors (Lipinski definition) is 1. The zero-order chi connectivity index (χ0) is 17.8. The van der Waals surface area contributed by atoms with Gasteiger partial charge in [0.25, 0.3) is 5.91 Å². The number of aromatic nitrogens is 3. The predicted octanol–water partition coefficient (Wildman–Crippen LogP) is 1.37. The van der Waals surface area contributed by atoms with Crippen LogP contribution >= 0.6 is 0 Å². The average Bonchev–Trinajstić information content (AvgIpc) is 3.24. The number of carbonyl (C=O) groups excluding carboxylic acids is 1. The minimum Gasteiger partial charge on any atom is -0.349 e. The first kappa shape index (κ1) is 17.4. The van der Waals surface area contributed by atoms with Crippen LogP contribution in [0.15, 0.2) is 24.7 Å². The third-order valence-corrected chi connectivity index (χ3v) is 4.44. The lowest BCUT2D eigenvalue weighted by Gasteiger charge is -2.14. The van der Waals surface area contributed by atoms with E-state index >= 15 is 0 Å². The van der Waals surface area contributed by atoms with E-state index in [0.29, 0.717) is 12.2 Å². The summed E-state index contributed by atoms with van der Waals surface area (Å²) in [7, 11) is 5.85. The molecule has 3 heterocycles. The second-order valence-corrected chi connectivity index (χ2v) is 6.75. The summed E-state index contributed by atoms with van der Waals surface area (Å²) >= 11 is 0. The highest BCUT2D eigenvalue weighted by Gasteiger charge is 2.16. The lowest BCUT2D eigenvalue weighted by Crippen LogP contribution is -2.32. The number of anilines is 1. The van der Waals surface area contributed by atoms with E-state index in [1.807, 2.05) is 55.3 Å². The molecule has 1 fully saturated rings. The Morgan fingerprint density at radius 3 is 2.52 bits per heavy atom. The van der Waals surface area contributed by atoms with Gasteiger partial charge in [0, 0.05) is 62.9 Å². The van der Waals surface area contributed by atoms with Crippen molar-refractivity contribution in [2.45, 2.75) is 12.8 Å². The number of carbonyl (C=O) groups is 1. The smallest absolute Gasteiger partial charge is 0.267 e. The van der Waals surface area contributed by atoms with Gasteiger partial charge in [0.15, 0.2) is 0 Å². The number of rotatable bonds is 6. The molecule has 134 valence electrons. The highest BCUT2D eigenvalue weighted by Crippen LogP contribution is 2.22. The Morgan fingerprint density at radius 2 is 1.88 bits per heavy atom. The molecule has 1 saturated heterocycles. The molecular weight excluding hydrogens is 316 g/mol. The first-order chi connectivity index (χ1) is 12.0.